The predicted octanol–water partition coefficient (Wildman–Crippen LogP) is 4.47. The minimum atomic E-state index is -0.658. The van der Waals surface area contributed by atoms with Crippen molar-refractivity contribution >= 4 is 39.8 Å². The molecule has 8 nitrogen and oxygen atoms in total. The Labute approximate surface area is 209 Å². The lowest BCUT2D eigenvalue weighted by molar-refractivity contribution is -0.123. The van der Waals surface area contributed by atoms with Crippen LogP contribution in [0.15, 0.2) is 49.1 Å². The van der Waals surface area contributed by atoms with Crippen LogP contribution in [0.3, 0.4) is 0 Å². The van der Waals surface area contributed by atoms with Gasteiger partial charge in [-0.15, -0.1) is 0 Å². The number of carbonyl (C=O) groups is 1. The second kappa shape index (κ2) is 8.08. The van der Waals surface area contributed by atoms with Gasteiger partial charge in [0.15, 0.2) is 5.69 Å². The summed E-state index contributed by atoms with van der Waals surface area (Å²) in [5.74, 6) is 0.540. The van der Waals surface area contributed by atoms with Gasteiger partial charge in [-0.2, -0.15) is 10.4 Å². The molecule has 2 aromatic heterocycles. The first kappa shape index (κ1) is 22.1. The fourth-order valence-electron chi connectivity index (χ4n) is 5.63. The highest BCUT2D eigenvalue weighted by Gasteiger charge is 2.58. The lowest BCUT2D eigenvalue weighted by Crippen LogP contribution is -2.54. The van der Waals surface area contributed by atoms with Crippen molar-refractivity contribution in [2.45, 2.75) is 43.7 Å². The molecule has 1 spiro atoms. The van der Waals surface area contributed by atoms with Gasteiger partial charge in [0.25, 0.3) is 5.91 Å². The number of anilines is 2. The standard InChI is InChI=1S/C26H26ClN7O/c1-17-33(21-13-22(27)24(14-28)29-15-21)25(35)26(8-3-9-26)34(17)20-4-5-23-18(12-20)16-32(30-23)19-6-10-31(2)11-7-19/h4-5,12-13,15-16,19H,1,3,6-11H2,2H3. The summed E-state index contributed by atoms with van der Waals surface area (Å²) >= 11 is 6.24. The summed E-state index contributed by atoms with van der Waals surface area (Å²) < 4.78 is 2.11. The number of fused-ring (bicyclic) bond motifs is 1. The van der Waals surface area contributed by atoms with Crippen LogP contribution in [-0.2, 0) is 4.79 Å². The van der Waals surface area contributed by atoms with Gasteiger partial charge in [-0.05, 0) is 76.5 Å². The highest BCUT2D eigenvalue weighted by molar-refractivity contribution is 6.32. The Balaban J connectivity index is 1.36. The number of hydrogen-bond acceptors (Lipinski definition) is 6. The first-order valence-electron chi connectivity index (χ1n) is 12.0. The fourth-order valence-corrected chi connectivity index (χ4v) is 5.83. The summed E-state index contributed by atoms with van der Waals surface area (Å²) in [6.45, 7) is 6.46. The number of carbonyl (C=O) groups excluding carboxylic acids is 1. The number of pyridine rings is 1. The normalized spacial score (nSPS) is 20.6. The van der Waals surface area contributed by atoms with E-state index in [0.717, 1.165) is 61.8 Å². The summed E-state index contributed by atoms with van der Waals surface area (Å²) in [7, 11) is 2.16. The molecule has 0 N–H and O–H groups in total. The fraction of sp³-hybridized carbons (Fsp3) is 0.385. The molecule has 3 fully saturated rings. The molecule has 0 radical (unpaired) electrons. The van der Waals surface area contributed by atoms with Crippen LogP contribution >= 0.6 is 11.6 Å². The van der Waals surface area contributed by atoms with E-state index in [-0.39, 0.29) is 16.6 Å². The van der Waals surface area contributed by atoms with E-state index >= 15 is 0 Å². The summed E-state index contributed by atoms with van der Waals surface area (Å²) in [4.78, 5) is 23.9. The van der Waals surface area contributed by atoms with Crippen molar-refractivity contribution < 1.29 is 4.79 Å². The number of likely N-dealkylation sites (tertiary alicyclic amines) is 1. The second-order valence-electron chi connectivity index (χ2n) is 9.80. The molecule has 1 amide bonds. The average molecular weight is 488 g/mol. The van der Waals surface area contributed by atoms with Gasteiger partial charge in [-0.25, -0.2) is 4.98 Å². The number of amides is 1. The minimum absolute atomic E-state index is 0.0292. The minimum Gasteiger partial charge on any atom is -0.313 e. The Morgan fingerprint density at radius 1 is 1.20 bits per heavy atom. The molecule has 1 saturated carbocycles. The molecular formula is C26H26ClN7O. The third kappa shape index (κ3) is 3.33. The van der Waals surface area contributed by atoms with Gasteiger partial charge >= 0.3 is 0 Å². The predicted molar refractivity (Wildman–Crippen MR) is 135 cm³/mol. The first-order valence-corrected chi connectivity index (χ1v) is 12.4. The quantitative estimate of drug-likeness (QED) is 0.542. The van der Waals surface area contributed by atoms with Crippen molar-refractivity contribution in [1.82, 2.24) is 19.7 Å². The molecule has 0 atom stereocenters. The smallest absolute Gasteiger partial charge is 0.259 e. The summed E-state index contributed by atoms with van der Waals surface area (Å²) in [5, 5.41) is 15.3. The molecule has 4 heterocycles. The van der Waals surface area contributed by atoms with E-state index in [2.05, 4.69) is 45.4 Å². The SMILES string of the molecule is C=C1N(c2cnc(C#N)c(Cl)c2)C(=O)C2(CCC2)N1c1ccc2nn(C3CCN(C)CC3)cc2c1. The maximum absolute atomic E-state index is 13.7. The molecule has 6 rings (SSSR count). The number of benzene rings is 1. The molecule has 1 aromatic carbocycles. The van der Waals surface area contributed by atoms with Crippen LogP contribution in [0.25, 0.3) is 10.9 Å². The number of nitriles is 1. The topological polar surface area (TPSA) is 81.3 Å². The zero-order valence-corrected chi connectivity index (χ0v) is 20.4. The van der Waals surface area contributed by atoms with Crippen LogP contribution in [-0.4, -0.2) is 51.2 Å². The summed E-state index contributed by atoms with van der Waals surface area (Å²) in [6, 6.07) is 10.2. The van der Waals surface area contributed by atoms with E-state index in [0.29, 0.717) is 17.6 Å². The first-order chi connectivity index (χ1) is 16.9. The van der Waals surface area contributed by atoms with Crippen LogP contribution in [0.4, 0.5) is 11.4 Å². The van der Waals surface area contributed by atoms with Crippen LogP contribution < -0.4 is 9.80 Å². The van der Waals surface area contributed by atoms with Gasteiger partial charge in [-0.1, -0.05) is 18.2 Å². The van der Waals surface area contributed by atoms with E-state index in [9.17, 15) is 10.1 Å². The number of rotatable bonds is 3. The van der Waals surface area contributed by atoms with Gasteiger partial charge in [0.05, 0.1) is 28.5 Å². The number of aromatic nitrogens is 3. The van der Waals surface area contributed by atoms with E-state index in [1.807, 2.05) is 18.2 Å². The largest absolute Gasteiger partial charge is 0.313 e. The van der Waals surface area contributed by atoms with E-state index in [1.165, 1.54) is 6.20 Å². The molecule has 0 bridgehead atoms. The Morgan fingerprint density at radius 3 is 2.63 bits per heavy atom. The highest BCUT2D eigenvalue weighted by atomic mass is 35.5. The molecule has 3 aromatic rings. The van der Waals surface area contributed by atoms with Crippen LogP contribution in [0.2, 0.25) is 5.02 Å². The van der Waals surface area contributed by atoms with Crippen molar-refractivity contribution in [2.75, 3.05) is 29.9 Å². The maximum Gasteiger partial charge on any atom is 0.259 e. The van der Waals surface area contributed by atoms with Gasteiger partial charge < -0.3 is 9.80 Å². The molecular weight excluding hydrogens is 462 g/mol. The van der Waals surface area contributed by atoms with Crippen molar-refractivity contribution in [3.63, 3.8) is 0 Å². The van der Waals surface area contributed by atoms with Crippen LogP contribution in [0.1, 0.15) is 43.8 Å². The Bertz CT molecular complexity index is 1390. The summed E-state index contributed by atoms with van der Waals surface area (Å²) in [5.41, 5.74) is 1.87. The lowest BCUT2D eigenvalue weighted by atomic mass is 9.75. The number of hydrogen-bond donors (Lipinski definition) is 0. The van der Waals surface area contributed by atoms with E-state index in [1.54, 1.807) is 11.0 Å². The molecule has 2 saturated heterocycles. The van der Waals surface area contributed by atoms with Crippen LogP contribution in [0, 0.1) is 11.3 Å². The number of piperidine rings is 1. The van der Waals surface area contributed by atoms with Gasteiger partial charge in [0.1, 0.15) is 17.4 Å². The maximum atomic E-state index is 13.7. The summed E-state index contributed by atoms with van der Waals surface area (Å²) in [6.07, 6.45) is 8.31. The molecule has 178 valence electrons. The van der Waals surface area contributed by atoms with Crippen molar-refractivity contribution in [1.29, 1.82) is 5.26 Å². The van der Waals surface area contributed by atoms with Crippen molar-refractivity contribution in [3.05, 3.63) is 59.8 Å². The molecule has 3 aliphatic rings. The van der Waals surface area contributed by atoms with E-state index < -0.39 is 5.54 Å². The Hall–Kier alpha value is -3.41. The Morgan fingerprint density at radius 2 is 1.97 bits per heavy atom. The third-order valence-corrected chi connectivity index (χ3v) is 8.03. The molecule has 2 aliphatic heterocycles. The average Bonchev–Trinajstić information content (AvgIpc) is 3.35. The third-order valence-electron chi connectivity index (χ3n) is 7.74. The Kier molecular flexibility index (Phi) is 5.09. The molecule has 9 heteroatoms. The zero-order valence-electron chi connectivity index (χ0n) is 19.6. The zero-order chi connectivity index (χ0) is 24.3. The van der Waals surface area contributed by atoms with E-state index in [4.69, 9.17) is 16.7 Å². The molecule has 0 unspecified atom stereocenters. The lowest BCUT2D eigenvalue weighted by Gasteiger charge is -2.43. The molecule has 1 aliphatic carbocycles. The molecule has 35 heavy (non-hydrogen) atoms. The highest BCUT2D eigenvalue weighted by Crippen LogP contribution is 2.50. The van der Waals surface area contributed by atoms with Crippen molar-refractivity contribution in [2.24, 2.45) is 0 Å². The number of halogens is 1. The van der Waals surface area contributed by atoms with Gasteiger partial charge in [-0.3, -0.25) is 14.4 Å². The van der Waals surface area contributed by atoms with Crippen molar-refractivity contribution in [3.8, 4) is 6.07 Å². The van der Waals surface area contributed by atoms with Gasteiger partial charge in [0, 0.05) is 17.3 Å². The monoisotopic (exact) mass is 487 g/mol. The number of nitrogens with zero attached hydrogens (tertiary/aromatic N) is 7. The van der Waals surface area contributed by atoms with Crippen LogP contribution in [0.5, 0.6) is 0 Å². The second-order valence-corrected chi connectivity index (χ2v) is 10.2. The van der Waals surface area contributed by atoms with Gasteiger partial charge in [0.2, 0.25) is 0 Å².